The monoisotopic (exact) mass is 291 g/mol. The molecule has 3 rings (SSSR count). The Hall–Kier alpha value is -1.20. The molecule has 1 aliphatic heterocycles. The lowest BCUT2D eigenvalue weighted by molar-refractivity contribution is 0.367. The lowest BCUT2D eigenvalue weighted by Crippen LogP contribution is -2.27. The summed E-state index contributed by atoms with van der Waals surface area (Å²) in [5.74, 6) is 2.89. The molecular weight excluding hydrogens is 270 g/mol. The van der Waals surface area contributed by atoms with E-state index in [9.17, 15) is 0 Å². The van der Waals surface area contributed by atoms with Crippen molar-refractivity contribution in [2.24, 2.45) is 5.92 Å². The van der Waals surface area contributed by atoms with Gasteiger partial charge in [0.15, 0.2) is 5.16 Å². The Morgan fingerprint density at radius 3 is 3.00 bits per heavy atom. The second-order valence-electron chi connectivity index (χ2n) is 5.26. The van der Waals surface area contributed by atoms with Gasteiger partial charge in [-0.05, 0) is 50.4 Å². The molecule has 108 valence electrons. The van der Waals surface area contributed by atoms with Crippen LogP contribution in [0.25, 0.3) is 11.0 Å². The Balaban J connectivity index is 1.57. The van der Waals surface area contributed by atoms with Crippen LogP contribution in [0.2, 0.25) is 0 Å². The van der Waals surface area contributed by atoms with E-state index in [2.05, 4.69) is 15.3 Å². The number of hydrogen-bond acceptors (Lipinski definition) is 4. The molecule has 0 spiro atoms. The first-order chi connectivity index (χ1) is 9.85. The minimum Gasteiger partial charge on any atom is -0.497 e. The van der Waals surface area contributed by atoms with E-state index in [1.807, 2.05) is 30.0 Å². The molecule has 20 heavy (non-hydrogen) atoms. The standard InChI is InChI=1S/C15H21N3OS/c1-19-12-2-3-13-14(10-12)18-15(17-13)20-9-6-11-4-7-16-8-5-11/h2-3,10-11,16H,4-9H2,1H3,(H,17,18). The van der Waals surface area contributed by atoms with Gasteiger partial charge in [-0.1, -0.05) is 11.8 Å². The molecular formula is C15H21N3OS. The molecule has 0 radical (unpaired) electrons. The second kappa shape index (κ2) is 6.50. The number of nitrogens with one attached hydrogen (secondary N) is 2. The van der Waals surface area contributed by atoms with Crippen molar-refractivity contribution in [3.63, 3.8) is 0 Å². The molecule has 2 aromatic rings. The Morgan fingerprint density at radius 2 is 2.20 bits per heavy atom. The molecule has 0 saturated carbocycles. The van der Waals surface area contributed by atoms with Crippen molar-refractivity contribution in [2.75, 3.05) is 26.0 Å². The SMILES string of the molecule is COc1ccc2nc(SCCC3CCNCC3)[nH]c2c1. The average Bonchev–Trinajstić information content (AvgIpc) is 2.90. The first-order valence-corrected chi connectivity index (χ1v) is 8.21. The number of imidazole rings is 1. The van der Waals surface area contributed by atoms with Crippen LogP contribution in [0.4, 0.5) is 0 Å². The number of rotatable bonds is 5. The van der Waals surface area contributed by atoms with E-state index in [-0.39, 0.29) is 0 Å². The van der Waals surface area contributed by atoms with E-state index in [4.69, 9.17) is 4.74 Å². The van der Waals surface area contributed by atoms with E-state index in [0.29, 0.717) is 0 Å². The van der Waals surface area contributed by atoms with Gasteiger partial charge in [0.1, 0.15) is 5.75 Å². The van der Waals surface area contributed by atoms with Crippen molar-refractivity contribution in [1.82, 2.24) is 15.3 Å². The van der Waals surface area contributed by atoms with Crippen LogP contribution in [0.5, 0.6) is 5.75 Å². The Labute approximate surface area is 123 Å². The van der Waals surface area contributed by atoms with Gasteiger partial charge >= 0.3 is 0 Å². The third-order valence-electron chi connectivity index (χ3n) is 3.89. The summed E-state index contributed by atoms with van der Waals surface area (Å²) in [5, 5.41) is 4.43. The number of methoxy groups -OCH3 is 1. The predicted octanol–water partition coefficient (Wildman–Crippen LogP) is 3.05. The Kier molecular flexibility index (Phi) is 4.47. The third-order valence-corrected chi connectivity index (χ3v) is 4.80. The molecule has 0 unspecified atom stereocenters. The average molecular weight is 291 g/mol. The fourth-order valence-electron chi connectivity index (χ4n) is 2.65. The predicted molar refractivity (Wildman–Crippen MR) is 83.6 cm³/mol. The molecule has 1 saturated heterocycles. The number of H-pyrrole nitrogens is 1. The molecule has 0 bridgehead atoms. The lowest BCUT2D eigenvalue weighted by Gasteiger charge is -2.21. The summed E-state index contributed by atoms with van der Waals surface area (Å²) in [6, 6.07) is 5.95. The Morgan fingerprint density at radius 1 is 1.35 bits per heavy atom. The number of ether oxygens (including phenoxy) is 1. The van der Waals surface area contributed by atoms with Crippen LogP contribution in [0, 0.1) is 5.92 Å². The topological polar surface area (TPSA) is 49.9 Å². The minimum absolute atomic E-state index is 0.868. The fraction of sp³-hybridized carbons (Fsp3) is 0.533. The van der Waals surface area contributed by atoms with Crippen molar-refractivity contribution in [2.45, 2.75) is 24.4 Å². The molecule has 1 aromatic heterocycles. The quantitative estimate of drug-likeness (QED) is 0.831. The lowest BCUT2D eigenvalue weighted by atomic mass is 9.96. The van der Waals surface area contributed by atoms with Crippen molar-refractivity contribution in [3.8, 4) is 5.75 Å². The van der Waals surface area contributed by atoms with Crippen LogP contribution < -0.4 is 10.1 Å². The molecule has 2 heterocycles. The van der Waals surface area contributed by atoms with E-state index in [0.717, 1.165) is 33.6 Å². The summed E-state index contributed by atoms with van der Waals surface area (Å²) in [6.45, 7) is 2.36. The highest BCUT2D eigenvalue weighted by molar-refractivity contribution is 7.99. The van der Waals surface area contributed by atoms with Crippen molar-refractivity contribution in [1.29, 1.82) is 0 Å². The summed E-state index contributed by atoms with van der Waals surface area (Å²) in [6.07, 6.45) is 3.92. The summed E-state index contributed by atoms with van der Waals surface area (Å²) < 4.78 is 5.23. The smallest absolute Gasteiger partial charge is 0.166 e. The van der Waals surface area contributed by atoms with Crippen LogP contribution in [0.1, 0.15) is 19.3 Å². The molecule has 1 aromatic carbocycles. The number of aromatic nitrogens is 2. The van der Waals surface area contributed by atoms with Crippen LogP contribution in [0.15, 0.2) is 23.4 Å². The van der Waals surface area contributed by atoms with Gasteiger partial charge in [0.05, 0.1) is 18.1 Å². The van der Waals surface area contributed by atoms with Crippen LogP contribution in [0.3, 0.4) is 0 Å². The largest absolute Gasteiger partial charge is 0.497 e. The molecule has 5 heteroatoms. The Bertz CT molecular complexity index is 563. The number of hydrogen-bond donors (Lipinski definition) is 2. The molecule has 1 fully saturated rings. The highest BCUT2D eigenvalue weighted by Crippen LogP contribution is 2.25. The van der Waals surface area contributed by atoms with Crippen molar-refractivity contribution < 1.29 is 4.74 Å². The summed E-state index contributed by atoms with van der Waals surface area (Å²) in [4.78, 5) is 7.98. The first kappa shape index (κ1) is 13.8. The maximum Gasteiger partial charge on any atom is 0.166 e. The van der Waals surface area contributed by atoms with Crippen LogP contribution >= 0.6 is 11.8 Å². The highest BCUT2D eigenvalue weighted by atomic mass is 32.2. The zero-order valence-corrected chi connectivity index (χ0v) is 12.6. The summed E-state index contributed by atoms with van der Waals surface area (Å²) in [5.41, 5.74) is 2.06. The molecule has 4 nitrogen and oxygen atoms in total. The molecule has 1 aliphatic rings. The normalized spacial score (nSPS) is 16.6. The number of thioether (sulfide) groups is 1. The maximum atomic E-state index is 5.23. The van der Waals surface area contributed by atoms with E-state index >= 15 is 0 Å². The van der Waals surface area contributed by atoms with E-state index in [1.165, 1.54) is 32.4 Å². The van der Waals surface area contributed by atoms with Crippen LogP contribution in [-0.2, 0) is 0 Å². The first-order valence-electron chi connectivity index (χ1n) is 7.22. The van der Waals surface area contributed by atoms with Gasteiger partial charge in [-0.2, -0.15) is 0 Å². The molecule has 0 amide bonds. The van der Waals surface area contributed by atoms with Gasteiger partial charge in [0.2, 0.25) is 0 Å². The zero-order valence-electron chi connectivity index (χ0n) is 11.8. The van der Waals surface area contributed by atoms with Gasteiger partial charge in [-0.3, -0.25) is 0 Å². The van der Waals surface area contributed by atoms with Crippen molar-refractivity contribution in [3.05, 3.63) is 18.2 Å². The van der Waals surface area contributed by atoms with Crippen molar-refractivity contribution >= 4 is 22.8 Å². The highest BCUT2D eigenvalue weighted by Gasteiger charge is 2.13. The number of piperidine rings is 1. The number of benzene rings is 1. The number of nitrogens with zero attached hydrogens (tertiary/aromatic N) is 1. The van der Waals surface area contributed by atoms with Crippen LogP contribution in [-0.4, -0.2) is 35.9 Å². The molecule has 0 atom stereocenters. The fourth-order valence-corrected chi connectivity index (χ4v) is 3.64. The van der Waals surface area contributed by atoms with Gasteiger partial charge in [0.25, 0.3) is 0 Å². The second-order valence-corrected chi connectivity index (χ2v) is 6.34. The van der Waals surface area contributed by atoms with Gasteiger partial charge < -0.3 is 15.0 Å². The summed E-state index contributed by atoms with van der Waals surface area (Å²) in [7, 11) is 1.69. The molecule has 0 aliphatic carbocycles. The maximum absolute atomic E-state index is 5.23. The van der Waals surface area contributed by atoms with Gasteiger partial charge in [0, 0.05) is 11.8 Å². The number of aromatic amines is 1. The van der Waals surface area contributed by atoms with Gasteiger partial charge in [-0.15, -0.1) is 0 Å². The van der Waals surface area contributed by atoms with E-state index in [1.54, 1.807) is 7.11 Å². The minimum atomic E-state index is 0.868. The van der Waals surface area contributed by atoms with E-state index < -0.39 is 0 Å². The summed E-state index contributed by atoms with van der Waals surface area (Å²) >= 11 is 1.83. The third kappa shape index (κ3) is 3.27. The molecule has 2 N–H and O–H groups in total. The van der Waals surface area contributed by atoms with Gasteiger partial charge in [-0.25, -0.2) is 4.98 Å². The zero-order chi connectivity index (χ0) is 13.8. The number of fused-ring (bicyclic) bond motifs is 1.